The number of carbonyl (C=O) groups is 2. The summed E-state index contributed by atoms with van der Waals surface area (Å²) in [6.07, 6.45) is 1.55. The van der Waals surface area contributed by atoms with Crippen LogP contribution in [0.2, 0.25) is 0 Å². The van der Waals surface area contributed by atoms with Crippen LogP contribution in [0.3, 0.4) is 0 Å². The van der Waals surface area contributed by atoms with Gasteiger partial charge in [0, 0.05) is 17.1 Å². The number of urea groups is 1. The molecule has 1 aromatic carbocycles. The van der Waals surface area contributed by atoms with Crippen LogP contribution in [0.25, 0.3) is 10.9 Å². The fourth-order valence-electron chi connectivity index (χ4n) is 3.64. The van der Waals surface area contributed by atoms with Crippen LogP contribution < -0.4 is 5.32 Å². The number of benzene rings is 1. The van der Waals surface area contributed by atoms with Gasteiger partial charge >= 0.3 is 6.03 Å². The molecule has 6 nitrogen and oxygen atoms in total. The van der Waals surface area contributed by atoms with Crippen LogP contribution in [0.4, 0.5) is 9.18 Å². The number of rotatable bonds is 3. The molecule has 1 fully saturated rings. The molecule has 1 saturated heterocycles. The summed E-state index contributed by atoms with van der Waals surface area (Å²) in [5.74, 6) is 0.468. The first-order valence-electron chi connectivity index (χ1n) is 8.55. The standard InChI is InChI=1S/C20H18FN3O3/c1-11-9-15(12(2)27-11)20(3)18(25)24(19(26)23-20)10-13-6-7-16(21)14-5-4-8-22-17(13)14/h4-9H,10H2,1-3H3,(H,23,26). The van der Waals surface area contributed by atoms with Gasteiger partial charge in [-0.1, -0.05) is 6.07 Å². The van der Waals surface area contributed by atoms with Crippen molar-refractivity contribution in [3.63, 3.8) is 0 Å². The Hall–Kier alpha value is -3.22. The summed E-state index contributed by atoms with van der Waals surface area (Å²) in [5.41, 5.74) is 0.451. The minimum absolute atomic E-state index is 0.00390. The topological polar surface area (TPSA) is 75.4 Å². The Morgan fingerprint density at radius 2 is 2.04 bits per heavy atom. The van der Waals surface area contributed by atoms with Crippen molar-refractivity contribution < 1.29 is 18.4 Å². The second-order valence-corrected chi connectivity index (χ2v) is 6.88. The van der Waals surface area contributed by atoms with Crippen molar-refractivity contribution in [2.45, 2.75) is 32.9 Å². The fourth-order valence-corrected chi connectivity index (χ4v) is 3.64. The maximum atomic E-state index is 14.0. The summed E-state index contributed by atoms with van der Waals surface area (Å²) < 4.78 is 19.5. The molecule has 3 amide bonds. The van der Waals surface area contributed by atoms with Gasteiger partial charge < -0.3 is 9.73 Å². The van der Waals surface area contributed by atoms with E-state index in [2.05, 4.69) is 10.3 Å². The number of hydrogen-bond acceptors (Lipinski definition) is 4. The lowest BCUT2D eigenvalue weighted by Gasteiger charge is -2.21. The Bertz CT molecular complexity index is 1090. The number of amides is 3. The lowest BCUT2D eigenvalue weighted by Crippen LogP contribution is -2.41. The number of nitrogens with zero attached hydrogens (tertiary/aromatic N) is 2. The van der Waals surface area contributed by atoms with Gasteiger partial charge in [0.1, 0.15) is 22.9 Å². The number of aromatic nitrogens is 1. The van der Waals surface area contributed by atoms with Crippen molar-refractivity contribution in [1.29, 1.82) is 0 Å². The smallest absolute Gasteiger partial charge is 0.325 e. The summed E-state index contributed by atoms with van der Waals surface area (Å²) >= 11 is 0. The zero-order valence-electron chi connectivity index (χ0n) is 15.2. The number of pyridine rings is 1. The van der Waals surface area contributed by atoms with E-state index in [4.69, 9.17) is 4.42 Å². The third-order valence-corrected chi connectivity index (χ3v) is 4.98. The first-order valence-corrected chi connectivity index (χ1v) is 8.55. The van der Waals surface area contributed by atoms with Crippen molar-refractivity contribution in [3.05, 3.63) is 65.0 Å². The average molecular weight is 367 g/mol. The predicted molar refractivity (Wildman–Crippen MR) is 96.3 cm³/mol. The molecule has 27 heavy (non-hydrogen) atoms. The van der Waals surface area contributed by atoms with Gasteiger partial charge in [-0.15, -0.1) is 0 Å². The molecule has 138 valence electrons. The zero-order chi connectivity index (χ0) is 19.3. The summed E-state index contributed by atoms with van der Waals surface area (Å²) in [6, 6.07) is 7.38. The number of aryl methyl sites for hydroxylation is 2. The summed E-state index contributed by atoms with van der Waals surface area (Å²) in [5, 5.41) is 3.12. The normalized spacial score (nSPS) is 19.8. The Labute approximate surface area is 155 Å². The number of fused-ring (bicyclic) bond motifs is 1. The van der Waals surface area contributed by atoms with E-state index in [9.17, 15) is 14.0 Å². The maximum absolute atomic E-state index is 14.0. The zero-order valence-corrected chi connectivity index (χ0v) is 15.2. The molecule has 0 bridgehead atoms. The van der Waals surface area contributed by atoms with Crippen LogP contribution >= 0.6 is 0 Å². The highest BCUT2D eigenvalue weighted by atomic mass is 19.1. The molecule has 1 unspecified atom stereocenters. The van der Waals surface area contributed by atoms with Gasteiger partial charge in [-0.3, -0.25) is 14.7 Å². The number of nitrogens with one attached hydrogen (secondary N) is 1. The molecule has 1 aliphatic heterocycles. The monoisotopic (exact) mass is 367 g/mol. The minimum Gasteiger partial charge on any atom is -0.466 e. The third kappa shape index (κ3) is 2.58. The Balaban J connectivity index is 1.72. The van der Waals surface area contributed by atoms with Crippen molar-refractivity contribution in [2.75, 3.05) is 0 Å². The Kier molecular flexibility index (Phi) is 3.76. The van der Waals surface area contributed by atoms with Gasteiger partial charge in [-0.2, -0.15) is 0 Å². The number of imide groups is 1. The first-order chi connectivity index (χ1) is 12.8. The third-order valence-electron chi connectivity index (χ3n) is 4.98. The summed E-state index contributed by atoms with van der Waals surface area (Å²) in [7, 11) is 0. The molecule has 1 aliphatic rings. The fraction of sp³-hybridized carbons (Fsp3) is 0.250. The van der Waals surface area contributed by atoms with E-state index in [1.807, 2.05) is 0 Å². The highest BCUT2D eigenvalue weighted by Crippen LogP contribution is 2.34. The number of furan rings is 1. The largest absolute Gasteiger partial charge is 0.466 e. The second-order valence-electron chi connectivity index (χ2n) is 6.88. The second kappa shape index (κ2) is 5.90. The lowest BCUT2D eigenvalue weighted by atomic mass is 9.92. The van der Waals surface area contributed by atoms with E-state index < -0.39 is 17.4 Å². The first kappa shape index (κ1) is 17.2. The van der Waals surface area contributed by atoms with Crippen molar-refractivity contribution in [3.8, 4) is 0 Å². The average Bonchev–Trinajstić information content (AvgIpc) is 3.09. The van der Waals surface area contributed by atoms with E-state index in [0.717, 1.165) is 4.90 Å². The molecule has 0 aliphatic carbocycles. The molecule has 1 atom stereocenters. The number of halogens is 1. The lowest BCUT2D eigenvalue weighted by molar-refractivity contribution is -0.131. The molecular weight excluding hydrogens is 349 g/mol. The van der Waals surface area contributed by atoms with Crippen LogP contribution in [-0.4, -0.2) is 21.8 Å². The van der Waals surface area contributed by atoms with E-state index >= 15 is 0 Å². The molecule has 0 saturated carbocycles. The van der Waals surface area contributed by atoms with Crippen LogP contribution in [0.5, 0.6) is 0 Å². The van der Waals surface area contributed by atoms with Gasteiger partial charge in [0.25, 0.3) is 5.91 Å². The molecule has 4 rings (SSSR count). The molecule has 1 N–H and O–H groups in total. The van der Waals surface area contributed by atoms with Crippen LogP contribution in [0, 0.1) is 19.7 Å². The molecule has 3 aromatic rings. The van der Waals surface area contributed by atoms with Crippen LogP contribution in [-0.2, 0) is 16.9 Å². The van der Waals surface area contributed by atoms with E-state index in [1.165, 1.54) is 6.07 Å². The molecule has 0 spiro atoms. The van der Waals surface area contributed by atoms with Crippen LogP contribution in [0.15, 0.2) is 40.9 Å². The number of hydrogen-bond donors (Lipinski definition) is 1. The molecule has 2 aromatic heterocycles. The van der Waals surface area contributed by atoms with E-state index in [0.29, 0.717) is 33.6 Å². The number of carbonyl (C=O) groups excluding carboxylic acids is 2. The maximum Gasteiger partial charge on any atom is 0.325 e. The molecule has 0 radical (unpaired) electrons. The summed E-state index contributed by atoms with van der Waals surface area (Å²) in [6.45, 7) is 5.21. The van der Waals surface area contributed by atoms with Gasteiger partial charge in [-0.05, 0) is 50.6 Å². The predicted octanol–water partition coefficient (Wildman–Crippen LogP) is 3.55. The highest BCUT2D eigenvalue weighted by molar-refractivity contribution is 6.07. The van der Waals surface area contributed by atoms with Gasteiger partial charge in [0.2, 0.25) is 0 Å². The Morgan fingerprint density at radius 3 is 2.74 bits per heavy atom. The SMILES string of the molecule is Cc1cc(C2(C)NC(=O)N(Cc3ccc(F)c4cccnc34)C2=O)c(C)o1. The van der Waals surface area contributed by atoms with E-state index in [1.54, 1.807) is 51.2 Å². The van der Waals surface area contributed by atoms with Gasteiger partial charge in [0.05, 0.1) is 12.1 Å². The molecule has 3 heterocycles. The van der Waals surface area contributed by atoms with Crippen LogP contribution in [0.1, 0.15) is 29.6 Å². The minimum atomic E-state index is -1.21. The van der Waals surface area contributed by atoms with E-state index in [-0.39, 0.29) is 12.5 Å². The molecule has 7 heteroatoms. The quantitative estimate of drug-likeness (QED) is 0.719. The Morgan fingerprint density at radius 1 is 1.26 bits per heavy atom. The highest BCUT2D eigenvalue weighted by Gasteiger charge is 2.50. The van der Waals surface area contributed by atoms with Gasteiger partial charge in [0.15, 0.2) is 0 Å². The summed E-state index contributed by atoms with van der Waals surface area (Å²) in [4.78, 5) is 31.0. The van der Waals surface area contributed by atoms with Gasteiger partial charge in [-0.25, -0.2) is 9.18 Å². The van der Waals surface area contributed by atoms with Crippen molar-refractivity contribution in [1.82, 2.24) is 15.2 Å². The molecular formula is C20H18FN3O3. The van der Waals surface area contributed by atoms with Crippen molar-refractivity contribution in [2.24, 2.45) is 0 Å². The van der Waals surface area contributed by atoms with Crippen molar-refractivity contribution >= 4 is 22.8 Å².